The van der Waals surface area contributed by atoms with E-state index in [0.29, 0.717) is 0 Å². The third kappa shape index (κ3) is 2.32. The van der Waals surface area contributed by atoms with Crippen molar-refractivity contribution in [2.75, 3.05) is 0 Å². The fourth-order valence-corrected chi connectivity index (χ4v) is 9.61. The van der Waals surface area contributed by atoms with E-state index < -0.39 is 5.41 Å². The number of hydrogen-bond acceptors (Lipinski definition) is 5. The second-order valence-electron chi connectivity index (χ2n) is 7.70. The Morgan fingerprint density at radius 1 is 0.645 bits per heavy atom. The lowest BCUT2D eigenvalue weighted by Gasteiger charge is -2.39. The van der Waals surface area contributed by atoms with Gasteiger partial charge < -0.3 is 0 Å². The Morgan fingerprint density at radius 3 is 2.03 bits per heavy atom. The molecule has 1 aliphatic carbocycles. The first-order valence-corrected chi connectivity index (χ1v) is 13.3. The molecule has 148 valence electrons. The van der Waals surface area contributed by atoms with Gasteiger partial charge in [0.1, 0.15) is 0 Å². The first kappa shape index (κ1) is 18.0. The van der Waals surface area contributed by atoms with Crippen molar-refractivity contribution in [2.45, 2.75) is 5.41 Å². The lowest BCUT2D eigenvalue weighted by Crippen LogP contribution is -2.36. The van der Waals surface area contributed by atoms with E-state index in [1.54, 1.807) is 22.7 Å². The van der Waals surface area contributed by atoms with Gasteiger partial charge in [-0.1, -0.05) is 48.5 Å². The molecule has 1 nitrogen and oxygen atoms in total. The van der Waals surface area contributed by atoms with Gasteiger partial charge in [0.05, 0.1) is 9.43 Å². The summed E-state index contributed by atoms with van der Waals surface area (Å²) >= 11 is 7.29. The predicted octanol–water partition coefficient (Wildman–Crippen LogP) is 8.17. The highest BCUT2D eigenvalue weighted by Gasteiger charge is 2.48. The number of hydrogen-bond donors (Lipinski definition) is 0. The molecule has 4 aromatic heterocycles. The van der Waals surface area contributed by atoms with Gasteiger partial charge in [0.15, 0.2) is 5.78 Å². The van der Waals surface area contributed by atoms with Crippen LogP contribution in [0.25, 0.3) is 18.8 Å². The summed E-state index contributed by atoms with van der Waals surface area (Å²) in [7, 11) is 0. The summed E-state index contributed by atoms with van der Waals surface area (Å²) in [5.74, 6) is 0.124. The van der Waals surface area contributed by atoms with Gasteiger partial charge >= 0.3 is 0 Å². The molecule has 6 aromatic rings. The van der Waals surface area contributed by atoms with Gasteiger partial charge in [-0.25, -0.2) is 0 Å². The van der Waals surface area contributed by atoms with E-state index in [2.05, 4.69) is 59.3 Å². The quantitative estimate of drug-likeness (QED) is 0.249. The average molecular weight is 471 g/mol. The van der Waals surface area contributed by atoms with Crippen LogP contribution < -0.4 is 0 Å². The molecule has 0 amide bonds. The van der Waals surface area contributed by atoms with Crippen molar-refractivity contribution in [1.82, 2.24) is 0 Å². The molecule has 7 rings (SSSR count). The minimum absolute atomic E-state index is 0.124. The molecule has 0 saturated heterocycles. The zero-order valence-corrected chi connectivity index (χ0v) is 19.4. The van der Waals surface area contributed by atoms with Crippen LogP contribution in [-0.2, 0) is 5.41 Å². The van der Waals surface area contributed by atoms with Crippen LogP contribution in [0.1, 0.15) is 36.8 Å². The monoisotopic (exact) mass is 470 g/mol. The van der Waals surface area contributed by atoms with Crippen molar-refractivity contribution in [1.29, 1.82) is 0 Å². The van der Waals surface area contributed by atoms with Crippen LogP contribution in [0.15, 0.2) is 83.6 Å². The maximum absolute atomic E-state index is 13.5. The zero-order valence-electron chi connectivity index (χ0n) is 16.1. The van der Waals surface area contributed by atoms with E-state index in [4.69, 9.17) is 0 Å². The van der Waals surface area contributed by atoms with Crippen LogP contribution in [0.5, 0.6) is 0 Å². The number of benzene rings is 2. The number of carbonyl (C=O) groups is 1. The smallest absolute Gasteiger partial charge is 0.193 e. The van der Waals surface area contributed by atoms with Gasteiger partial charge in [-0.3, -0.25) is 4.79 Å². The van der Waals surface area contributed by atoms with E-state index in [9.17, 15) is 4.79 Å². The highest BCUT2D eigenvalue weighted by Crippen LogP contribution is 2.56. The van der Waals surface area contributed by atoms with E-state index in [-0.39, 0.29) is 5.78 Å². The minimum Gasteiger partial charge on any atom is -0.289 e. The molecule has 0 unspecified atom stereocenters. The summed E-state index contributed by atoms with van der Waals surface area (Å²) in [5, 5.41) is 5.60. The topological polar surface area (TPSA) is 17.1 Å². The Balaban J connectivity index is 1.69. The second-order valence-corrected chi connectivity index (χ2v) is 12.0. The lowest BCUT2D eigenvalue weighted by atomic mass is 9.64. The number of thiophene rings is 4. The van der Waals surface area contributed by atoms with E-state index in [1.165, 1.54) is 28.6 Å². The first-order valence-electron chi connectivity index (χ1n) is 9.95. The molecule has 4 heterocycles. The molecule has 2 aromatic carbocycles. The summed E-state index contributed by atoms with van der Waals surface area (Å²) < 4.78 is 3.95. The Labute approximate surface area is 194 Å². The van der Waals surface area contributed by atoms with Crippen LogP contribution >= 0.6 is 45.3 Å². The Bertz CT molecular complexity index is 1450. The Kier molecular flexibility index (Phi) is 3.76. The minimum atomic E-state index is -0.478. The number of fused-ring (bicyclic) bond motifs is 4. The Hall–Kier alpha value is -2.57. The summed E-state index contributed by atoms with van der Waals surface area (Å²) in [6.45, 7) is 0. The summed E-state index contributed by atoms with van der Waals surface area (Å²) in [6, 6.07) is 25.5. The van der Waals surface area contributed by atoms with E-state index in [0.717, 1.165) is 22.3 Å². The van der Waals surface area contributed by atoms with Gasteiger partial charge in [-0.05, 0) is 46.2 Å². The highest BCUT2D eigenvalue weighted by molar-refractivity contribution is 7.37. The van der Waals surface area contributed by atoms with E-state index in [1.807, 2.05) is 46.9 Å². The number of ketones is 1. The maximum atomic E-state index is 13.5. The van der Waals surface area contributed by atoms with Crippen LogP contribution in [-0.4, -0.2) is 5.78 Å². The molecule has 0 radical (unpaired) electrons. The molecule has 0 aliphatic heterocycles. The molecule has 0 fully saturated rings. The largest absolute Gasteiger partial charge is 0.289 e. The number of rotatable bonds is 2. The van der Waals surface area contributed by atoms with Crippen molar-refractivity contribution in [2.24, 2.45) is 0 Å². The predicted molar refractivity (Wildman–Crippen MR) is 135 cm³/mol. The second kappa shape index (κ2) is 6.47. The van der Waals surface area contributed by atoms with Gasteiger partial charge in [-0.15, -0.1) is 45.3 Å². The molecule has 1 aliphatic rings. The lowest BCUT2D eigenvalue weighted by molar-refractivity contribution is 0.103. The molecular weight excluding hydrogens is 457 g/mol. The van der Waals surface area contributed by atoms with Crippen LogP contribution in [0.4, 0.5) is 0 Å². The van der Waals surface area contributed by atoms with Gasteiger partial charge in [0.25, 0.3) is 0 Å². The summed E-state index contributed by atoms with van der Waals surface area (Å²) in [4.78, 5) is 16.1. The molecule has 5 heteroatoms. The normalized spacial score (nSPS) is 14.8. The Morgan fingerprint density at radius 2 is 1.32 bits per heavy atom. The molecule has 0 spiro atoms. The zero-order chi connectivity index (χ0) is 20.6. The molecular formula is C26H14OS4. The van der Waals surface area contributed by atoms with Crippen molar-refractivity contribution in [3.63, 3.8) is 0 Å². The van der Waals surface area contributed by atoms with Crippen molar-refractivity contribution >= 4 is 69.9 Å². The summed E-state index contributed by atoms with van der Waals surface area (Å²) in [5.41, 5.74) is 3.35. The molecule has 31 heavy (non-hydrogen) atoms. The number of carbonyl (C=O) groups excluding carboxylic acids is 1. The summed E-state index contributed by atoms with van der Waals surface area (Å²) in [6.07, 6.45) is 0. The van der Waals surface area contributed by atoms with Gasteiger partial charge in [-0.2, -0.15) is 0 Å². The van der Waals surface area contributed by atoms with Crippen LogP contribution in [0.2, 0.25) is 0 Å². The first-order chi connectivity index (χ1) is 15.3. The molecule has 0 bridgehead atoms. The van der Waals surface area contributed by atoms with Crippen molar-refractivity contribution < 1.29 is 4.79 Å². The SMILES string of the molecule is O=C1c2ccccc2C(c2cc3sccc3s2)(c2cc3ccsc3s2)c2ccccc21. The van der Waals surface area contributed by atoms with Gasteiger partial charge in [0.2, 0.25) is 0 Å². The fraction of sp³-hybridized carbons (Fsp3) is 0.0385. The molecule has 0 atom stereocenters. The third-order valence-corrected chi connectivity index (χ3v) is 10.7. The standard InChI is InChI=1S/C26H14OS4/c27-24-16-5-1-3-7-18(16)26(19-8-4-2-6-17(19)24,22-13-15-9-11-29-25(15)31-22)23-14-21-20(30-23)10-12-28-21/h1-14H. The maximum Gasteiger partial charge on any atom is 0.193 e. The van der Waals surface area contributed by atoms with Crippen LogP contribution in [0.3, 0.4) is 0 Å². The third-order valence-electron chi connectivity index (χ3n) is 6.18. The molecule has 0 saturated carbocycles. The molecule has 0 N–H and O–H groups in total. The van der Waals surface area contributed by atoms with Crippen molar-refractivity contribution in [3.8, 4) is 0 Å². The van der Waals surface area contributed by atoms with E-state index >= 15 is 0 Å². The van der Waals surface area contributed by atoms with Crippen molar-refractivity contribution in [3.05, 3.63) is 116 Å². The van der Waals surface area contributed by atoms with Crippen LogP contribution in [0, 0.1) is 0 Å². The average Bonchev–Trinajstić information content (AvgIpc) is 3.56. The highest BCUT2D eigenvalue weighted by atomic mass is 32.2. The fourth-order valence-electron chi connectivity index (χ4n) is 4.86. The van der Waals surface area contributed by atoms with Gasteiger partial charge in [0, 0.05) is 35.7 Å².